The SMILES string of the molecule is CCOC(=O)CCNCC1(SC)CCCC1. The Morgan fingerprint density at radius 1 is 1.44 bits per heavy atom. The predicted molar refractivity (Wildman–Crippen MR) is 68.8 cm³/mol. The van der Waals surface area contributed by atoms with E-state index in [2.05, 4.69) is 11.6 Å². The molecular formula is C12H23NO2S. The van der Waals surface area contributed by atoms with E-state index in [1.165, 1.54) is 25.7 Å². The van der Waals surface area contributed by atoms with Crippen LogP contribution in [0.15, 0.2) is 0 Å². The van der Waals surface area contributed by atoms with Crippen LogP contribution < -0.4 is 5.32 Å². The van der Waals surface area contributed by atoms with Gasteiger partial charge in [0, 0.05) is 17.8 Å². The van der Waals surface area contributed by atoms with Crippen molar-refractivity contribution in [1.82, 2.24) is 5.32 Å². The van der Waals surface area contributed by atoms with E-state index >= 15 is 0 Å². The maximum Gasteiger partial charge on any atom is 0.307 e. The lowest BCUT2D eigenvalue weighted by atomic mass is 10.1. The van der Waals surface area contributed by atoms with Crippen LogP contribution in [0.5, 0.6) is 0 Å². The van der Waals surface area contributed by atoms with Crippen LogP contribution in [0.1, 0.15) is 39.0 Å². The van der Waals surface area contributed by atoms with Gasteiger partial charge in [0.15, 0.2) is 0 Å². The van der Waals surface area contributed by atoms with Crippen LogP contribution >= 0.6 is 11.8 Å². The highest BCUT2D eigenvalue weighted by Gasteiger charge is 2.32. The third kappa shape index (κ3) is 4.34. The molecule has 0 heterocycles. The molecule has 1 fully saturated rings. The van der Waals surface area contributed by atoms with Gasteiger partial charge < -0.3 is 10.1 Å². The highest BCUT2D eigenvalue weighted by molar-refractivity contribution is 8.00. The molecule has 1 saturated carbocycles. The zero-order valence-electron chi connectivity index (χ0n) is 10.4. The molecule has 0 aromatic heterocycles. The van der Waals surface area contributed by atoms with Gasteiger partial charge in [-0.25, -0.2) is 0 Å². The van der Waals surface area contributed by atoms with Crippen LogP contribution in [0.25, 0.3) is 0 Å². The largest absolute Gasteiger partial charge is 0.466 e. The lowest BCUT2D eigenvalue weighted by molar-refractivity contribution is -0.142. The Hall–Kier alpha value is -0.220. The summed E-state index contributed by atoms with van der Waals surface area (Å²) >= 11 is 1.97. The molecule has 4 heteroatoms. The Bertz CT molecular complexity index is 215. The van der Waals surface area contributed by atoms with Crippen molar-refractivity contribution in [3.05, 3.63) is 0 Å². The minimum absolute atomic E-state index is 0.0976. The van der Waals surface area contributed by atoms with Crippen molar-refractivity contribution >= 4 is 17.7 Å². The summed E-state index contributed by atoms with van der Waals surface area (Å²) in [6, 6.07) is 0. The summed E-state index contributed by atoms with van der Waals surface area (Å²) in [4.78, 5) is 11.1. The van der Waals surface area contributed by atoms with Crippen molar-refractivity contribution in [2.45, 2.75) is 43.8 Å². The molecule has 1 aliphatic rings. The fourth-order valence-corrected chi connectivity index (χ4v) is 3.16. The Morgan fingerprint density at radius 3 is 2.69 bits per heavy atom. The molecule has 0 radical (unpaired) electrons. The van der Waals surface area contributed by atoms with Crippen LogP contribution in [0.3, 0.4) is 0 Å². The first-order valence-electron chi connectivity index (χ1n) is 6.14. The first-order chi connectivity index (χ1) is 7.72. The van der Waals surface area contributed by atoms with Gasteiger partial charge >= 0.3 is 5.97 Å². The minimum Gasteiger partial charge on any atom is -0.466 e. The molecule has 0 saturated heterocycles. The van der Waals surface area contributed by atoms with Gasteiger partial charge in [-0.2, -0.15) is 11.8 Å². The molecule has 0 unspecified atom stereocenters. The van der Waals surface area contributed by atoms with Crippen LogP contribution in [-0.4, -0.2) is 36.7 Å². The number of nitrogens with one attached hydrogen (secondary N) is 1. The maximum absolute atomic E-state index is 11.1. The number of rotatable bonds is 7. The molecule has 1 aliphatic carbocycles. The topological polar surface area (TPSA) is 38.3 Å². The fraction of sp³-hybridized carbons (Fsp3) is 0.917. The average molecular weight is 245 g/mol. The lowest BCUT2D eigenvalue weighted by Gasteiger charge is -2.26. The molecular weight excluding hydrogens is 222 g/mol. The summed E-state index contributed by atoms with van der Waals surface area (Å²) in [7, 11) is 0. The summed E-state index contributed by atoms with van der Waals surface area (Å²) in [5.41, 5.74) is 0. The Balaban J connectivity index is 2.12. The summed E-state index contributed by atoms with van der Waals surface area (Å²) in [5, 5.41) is 3.39. The normalized spacial score (nSPS) is 18.6. The van der Waals surface area contributed by atoms with Gasteiger partial charge in [-0.3, -0.25) is 4.79 Å². The average Bonchev–Trinajstić information content (AvgIpc) is 2.74. The molecule has 0 bridgehead atoms. The summed E-state index contributed by atoms with van der Waals surface area (Å²) < 4.78 is 5.31. The molecule has 0 aromatic rings. The van der Waals surface area contributed by atoms with Crippen molar-refractivity contribution < 1.29 is 9.53 Å². The number of esters is 1. The molecule has 16 heavy (non-hydrogen) atoms. The highest BCUT2D eigenvalue weighted by Crippen LogP contribution is 2.39. The van der Waals surface area contributed by atoms with E-state index in [1.54, 1.807) is 0 Å². The molecule has 94 valence electrons. The Morgan fingerprint density at radius 2 is 2.12 bits per heavy atom. The fourth-order valence-electron chi connectivity index (χ4n) is 2.21. The van der Waals surface area contributed by atoms with Gasteiger partial charge in [0.05, 0.1) is 13.0 Å². The van der Waals surface area contributed by atoms with E-state index in [1.807, 2.05) is 18.7 Å². The van der Waals surface area contributed by atoms with E-state index < -0.39 is 0 Å². The number of hydrogen-bond donors (Lipinski definition) is 1. The molecule has 0 amide bonds. The number of thioether (sulfide) groups is 1. The number of ether oxygens (including phenoxy) is 1. The van der Waals surface area contributed by atoms with Gasteiger partial charge in [0.1, 0.15) is 0 Å². The van der Waals surface area contributed by atoms with Crippen molar-refractivity contribution in [1.29, 1.82) is 0 Å². The Kier molecular flexibility index (Phi) is 6.21. The van der Waals surface area contributed by atoms with Crippen molar-refractivity contribution in [3.8, 4) is 0 Å². The van der Waals surface area contributed by atoms with Crippen LogP contribution in [0.2, 0.25) is 0 Å². The third-order valence-corrected chi connectivity index (χ3v) is 4.62. The molecule has 3 nitrogen and oxygen atoms in total. The second kappa shape index (κ2) is 7.17. The maximum atomic E-state index is 11.1. The van der Waals surface area contributed by atoms with Gasteiger partial charge in [-0.05, 0) is 26.0 Å². The molecule has 1 rings (SSSR count). The second-order valence-electron chi connectivity index (χ2n) is 4.33. The standard InChI is InChI=1S/C12H23NO2S/c1-3-15-11(14)6-9-13-10-12(16-2)7-4-5-8-12/h13H,3-10H2,1-2H3. The number of carbonyl (C=O) groups excluding carboxylic acids is 1. The highest BCUT2D eigenvalue weighted by atomic mass is 32.2. The second-order valence-corrected chi connectivity index (χ2v) is 5.60. The smallest absolute Gasteiger partial charge is 0.307 e. The Labute approximate surface area is 103 Å². The van der Waals surface area contributed by atoms with Crippen molar-refractivity contribution in [2.24, 2.45) is 0 Å². The van der Waals surface area contributed by atoms with E-state index in [0.717, 1.165) is 13.1 Å². The first kappa shape index (κ1) is 13.8. The molecule has 0 atom stereocenters. The number of carbonyl (C=O) groups is 1. The van der Waals surface area contributed by atoms with Crippen LogP contribution in [0, 0.1) is 0 Å². The van der Waals surface area contributed by atoms with Crippen LogP contribution in [0.4, 0.5) is 0 Å². The zero-order valence-corrected chi connectivity index (χ0v) is 11.2. The lowest BCUT2D eigenvalue weighted by Crippen LogP contribution is -2.36. The van der Waals surface area contributed by atoms with E-state index in [0.29, 0.717) is 17.8 Å². The quantitative estimate of drug-likeness (QED) is 0.551. The minimum atomic E-state index is -0.0976. The molecule has 0 spiro atoms. The van der Waals surface area contributed by atoms with Gasteiger partial charge in [0.2, 0.25) is 0 Å². The molecule has 1 N–H and O–H groups in total. The van der Waals surface area contributed by atoms with Gasteiger partial charge in [-0.1, -0.05) is 12.8 Å². The predicted octanol–water partition coefficient (Wildman–Crippen LogP) is 2.20. The van der Waals surface area contributed by atoms with Crippen LogP contribution in [-0.2, 0) is 9.53 Å². The van der Waals surface area contributed by atoms with Gasteiger partial charge in [0.25, 0.3) is 0 Å². The third-order valence-electron chi connectivity index (χ3n) is 3.21. The zero-order chi connectivity index (χ0) is 11.9. The monoisotopic (exact) mass is 245 g/mol. The van der Waals surface area contributed by atoms with Crippen molar-refractivity contribution in [2.75, 3.05) is 26.0 Å². The number of hydrogen-bond acceptors (Lipinski definition) is 4. The molecule has 0 aliphatic heterocycles. The summed E-state index contributed by atoms with van der Waals surface area (Å²) in [5.74, 6) is -0.0976. The van der Waals surface area contributed by atoms with E-state index in [9.17, 15) is 4.79 Å². The first-order valence-corrected chi connectivity index (χ1v) is 7.36. The summed E-state index contributed by atoms with van der Waals surface area (Å²) in [6.07, 6.45) is 7.98. The molecule has 0 aromatic carbocycles. The summed E-state index contributed by atoms with van der Waals surface area (Å²) in [6.45, 7) is 4.08. The van der Waals surface area contributed by atoms with E-state index in [-0.39, 0.29) is 5.97 Å². The van der Waals surface area contributed by atoms with Gasteiger partial charge in [-0.15, -0.1) is 0 Å². The van der Waals surface area contributed by atoms with Crippen molar-refractivity contribution in [3.63, 3.8) is 0 Å². The van der Waals surface area contributed by atoms with E-state index in [4.69, 9.17) is 4.74 Å².